The Kier molecular flexibility index (Phi) is 7.63. The molecule has 0 saturated heterocycles. The quantitative estimate of drug-likeness (QED) is 0.412. The lowest BCUT2D eigenvalue weighted by molar-refractivity contribution is 0.415. The Hall–Kier alpha value is -1.48. The summed E-state index contributed by atoms with van der Waals surface area (Å²) in [6.07, 6.45) is 0.753. The van der Waals surface area contributed by atoms with Crippen LogP contribution >= 0.6 is 35.6 Å². The monoisotopic (exact) mass is 450 g/mol. The van der Waals surface area contributed by atoms with Crippen molar-refractivity contribution < 1.29 is 9.15 Å². The molecule has 126 valence electrons. The predicted octanol–water partition coefficient (Wildman–Crippen LogP) is 3.75. The average Bonchev–Trinajstić information content (AvgIpc) is 2.86. The van der Waals surface area contributed by atoms with Crippen LogP contribution in [0.25, 0.3) is 0 Å². The Balaban J connectivity index is 0.00000264. The van der Waals surface area contributed by atoms with E-state index in [1.165, 1.54) is 0 Å². The zero-order chi connectivity index (χ0) is 16.1. The van der Waals surface area contributed by atoms with Gasteiger partial charge in [0, 0.05) is 12.1 Å². The van der Waals surface area contributed by atoms with Crippen molar-refractivity contribution >= 4 is 47.2 Å². The molecular weight excluding hydrogens is 431 g/mol. The third-order valence-electron chi connectivity index (χ3n) is 3.06. The van der Waals surface area contributed by atoms with E-state index in [4.69, 9.17) is 26.5 Å². The summed E-state index contributed by atoms with van der Waals surface area (Å²) in [6.45, 7) is 4.21. The summed E-state index contributed by atoms with van der Waals surface area (Å²) in [5.41, 5.74) is 7.43. The maximum atomic E-state index is 6.06. The van der Waals surface area contributed by atoms with E-state index in [-0.39, 0.29) is 29.9 Å². The second kappa shape index (κ2) is 8.97. The molecule has 0 radical (unpaired) electrons. The number of nitrogens with one attached hydrogen (secondary N) is 1. The lowest BCUT2D eigenvalue weighted by Gasteiger charge is -2.08. The van der Waals surface area contributed by atoms with E-state index < -0.39 is 0 Å². The molecule has 0 amide bonds. The van der Waals surface area contributed by atoms with Crippen molar-refractivity contribution in [3.8, 4) is 5.75 Å². The number of benzene rings is 1. The molecule has 0 fully saturated rings. The zero-order valence-corrected chi connectivity index (χ0v) is 16.3. The fourth-order valence-corrected chi connectivity index (χ4v) is 2.13. The number of anilines is 1. The number of guanidine groups is 1. The number of nitrogens with zero attached hydrogens (tertiary/aromatic N) is 2. The molecular formula is C15H20ClIN4O2. The van der Waals surface area contributed by atoms with E-state index in [1.54, 1.807) is 19.2 Å². The van der Waals surface area contributed by atoms with Crippen molar-refractivity contribution in [2.75, 3.05) is 12.4 Å². The first kappa shape index (κ1) is 19.6. The zero-order valence-electron chi connectivity index (χ0n) is 13.2. The maximum Gasteiger partial charge on any atom is 0.194 e. The van der Waals surface area contributed by atoms with Crippen molar-refractivity contribution in [1.29, 1.82) is 0 Å². The summed E-state index contributed by atoms with van der Waals surface area (Å²) in [4.78, 5) is 8.54. The van der Waals surface area contributed by atoms with E-state index >= 15 is 0 Å². The van der Waals surface area contributed by atoms with Crippen LogP contribution in [0.2, 0.25) is 5.02 Å². The summed E-state index contributed by atoms with van der Waals surface area (Å²) in [5.74, 6) is 2.30. The van der Waals surface area contributed by atoms with Crippen LogP contribution in [-0.2, 0) is 13.0 Å². The fourth-order valence-electron chi connectivity index (χ4n) is 1.87. The number of hydrogen-bond acceptors (Lipinski definition) is 4. The summed E-state index contributed by atoms with van der Waals surface area (Å²) >= 11 is 6.06. The van der Waals surface area contributed by atoms with E-state index in [1.807, 2.05) is 19.9 Å². The van der Waals surface area contributed by atoms with Gasteiger partial charge in [0.15, 0.2) is 11.9 Å². The number of oxazole rings is 1. The van der Waals surface area contributed by atoms with Crippen LogP contribution in [0.4, 0.5) is 5.69 Å². The number of halogens is 2. The Bertz CT molecular complexity index is 688. The highest BCUT2D eigenvalue weighted by molar-refractivity contribution is 14.0. The molecule has 0 aliphatic carbocycles. The predicted molar refractivity (Wildman–Crippen MR) is 103 cm³/mol. The minimum atomic E-state index is 0. The van der Waals surface area contributed by atoms with E-state index in [9.17, 15) is 0 Å². The van der Waals surface area contributed by atoms with Gasteiger partial charge in [-0.3, -0.25) is 0 Å². The normalized spacial score (nSPS) is 11.0. The third kappa shape index (κ3) is 5.28. The molecule has 1 aromatic heterocycles. The van der Waals surface area contributed by atoms with E-state index in [0.29, 0.717) is 23.2 Å². The minimum Gasteiger partial charge on any atom is -0.495 e. The molecule has 1 aromatic carbocycles. The standard InChI is InChI=1S/C15H19ClN4O2.HI/c1-4-14-19-9(2)13(22-14)8-18-15(17)20-10-5-6-12(21-3)11(16)7-10;/h5-7H,4,8H2,1-3H3,(H3,17,18,20);1H. The van der Waals surface area contributed by atoms with E-state index in [2.05, 4.69) is 15.3 Å². The Labute approximate surface area is 157 Å². The van der Waals surface area contributed by atoms with Crippen LogP contribution in [0.15, 0.2) is 27.6 Å². The molecule has 0 bridgehead atoms. The number of hydrogen-bond donors (Lipinski definition) is 2. The Morgan fingerprint density at radius 1 is 1.48 bits per heavy atom. The minimum absolute atomic E-state index is 0. The first-order valence-corrected chi connectivity index (χ1v) is 7.27. The van der Waals surface area contributed by atoms with Crippen molar-refractivity contribution in [3.05, 3.63) is 40.6 Å². The molecule has 6 nitrogen and oxygen atoms in total. The topological polar surface area (TPSA) is 85.7 Å². The summed E-state index contributed by atoms with van der Waals surface area (Å²) < 4.78 is 10.7. The van der Waals surface area contributed by atoms with Gasteiger partial charge in [-0.15, -0.1) is 24.0 Å². The molecule has 0 saturated carbocycles. The van der Waals surface area contributed by atoms with Gasteiger partial charge in [-0.05, 0) is 25.1 Å². The number of nitrogens with two attached hydrogens (primary N) is 1. The summed E-state index contributed by atoms with van der Waals surface area (Å²) in [7, 11) is 1.56. The van der Waals surface area contributed by atoms with Gasteiger partial charge in [-0.1, -0.05) is 18.5 Å². The third-order valence-corrected chi connectivity index (χ3v) is 3.35. The highest BCUT2D eigenvalue weighted by Crippen LogP contribution is 2.27. The number of ether oxygens (including phenoxy) is 1. The average molecular weight is 451 g/mol. The van der Waals surface area contributed by atoms with Gasteiger partial charge in [-0.2, -0.15) is 0 Å². The van der Waals surface area contributed by atoms with Gasteiger partial charge in [-0.25, -0.2) is 9.98 Å². The molecule has 0 aliphatic rings. The SMILES string of the molecule is CCc1nc(C)c(CN=C(N)Nc2ccc(OC)c(Cl)c2)o1.I. The molecule has 8 heteroatoms. The molecule has 0 unspecified atom stereocenters. The number of methoxy groups -OCH3 is 1. The number of rotatable bonds is 5. The molecule has 0 atom stereocenters. The highest BCUT2D eigenvalue weighted by Gasteiger charge is 2.08. The van der Waals surface area contributed by atoms with Gasteiger partial charge in [0.2, 0.25) is 0 Å². The van der Waals surface area contributed by atoms with Crippen LogP contribution in [0.1, 0.15) is 24.3 Å². The molecule has 2 aromatic rings. The number of aliphatic imine (C=N–C) groups is 1. The Morgan fingerprint density at radius 2 is 2.22 bits per heavy atom. The van der Waals surface area contributed by atoms with Gasteiger partial charge >= 0.3 is 0 Å². The van der Waals surface area contributed by atoms with Gasteiger partial charge in [0.05, 0.1) is 17.8 Å². The first-order chi connectivity index (χ1) is 10.5. The van der Waals surface area contributed by atoms with Gasteiger partial charge in [0.1, 0.15) is 18.1 Å². The second-order valence-corrected chi connectivity index (χ2v) is 5.05. The number of aryl methyl sites for hydroxylation is 2. The van der Waals surface area contributed by atoms with E-state index in [0.717, 1.165) is 23.6 Å². The molecule has 23 heavy (non-hydrogen) atoms. The van der Waals surface area contributed by atoms with Crippen LogP contribution in [0.5, 0.6) is 5.75 Å². The molecule has 3 N–H and O–H groups in total. The molecule has 1 heterocycles. The lowest BCUT2D eigenvalue weighted by Crippen LogP contribution is -2.22. The number of aromatic nitrogens is 1. The lowest BCUT2D eigenvalue weighted by atomic mass is 10.3. The molecule has 0 aliphatic heterocycles. The van der Waals surface area contributed by atoms with Crippen molar-refractivity contribution in [2.24, 2.45) is 10.7 Å². The highest BCUT2D eigenvalue weighted by atomic mass is 127. The van der Waals surface area contributed by atoms with Gasteiger partial charge < -0.3 is 20.2 Å². The van der Waals surface area contributed by atoms with Crippen LogP contribution < -0.4 is 15.8 Å². The summed E-state index contributed by atoms with van der Waals surface area (Å²) in [5, 5.41) is 3.47. The van der Waals surface area contributed by atoms with Gasteiger partial charge in [0.25, 0.3) is 0 Å². The van der Waals surface area contributed by atoms with Crippen LogP contribution in [0.3, 0.4) is 0 Å². The largest absolute Gasteiger partial charge is 0.495 e. The van der Waals surface area contributed by atoms with Crippen LogP contribution in [0, 0.1) is 6.92 Å². The second-order valence-electron chi connectivity index (χ2n) is 4.65. The van der Waals surface area contributed by atoms with Crippen molar-refractivity contribution in [1.82, 2.24) is 4.98 Å². The molecule has 2 rings (SSSR count). The van der Waals surface area contributed by atoms with Crippen molar-refractivity contribution in [3.63, 3.8) is 0 Å². The van der Waals surface area contributed by atoms with Crippen molar-refractivity contribution in [2.45, 2.75) is 26.8 Å². The maximum absolute atomic E-state index is 6.06. The first-order valence-electron chi connectivity index (χ1n) is 6.89. The summed E-state index contributed by atoms with van der Waals surface area (Å²) in [6, 6.07) is 5.28. The smallest absolute Gasteiger partial charge is 0.194 e. The fraction of sp³-hybridized carbons (Fsp3) is 0.333. The van der Waals surface area contributed by atoms with Crippen LogP contribution in [-0.4, -0.2) is 18.1 Å². The Morgan fingerprint density at radius 3 is 2.78 bits per heavy atom. The molecule has 0 spiro atoms.